The summed E-state index contributed by atoms with van der Waals surface area (Å²) >= 11 is 0. The fourth-order valence-corrected chi connectivity index (χ4v) is 3.19. The highest BCUT2D eigenvalue weighted by molar-refractivity contribution is 5.78. The number of alkyl halides is 2. The molecule has 6 heteroatoms. The smallest absolute Gasteiger partial charge is 0.263 e. The lowest BCUT2D eigenvalue weighted by Gasteiger charge is -2.31. The van der Waals surface area contributed by atoms with Crippen molar-refractivity contribution >= 4 is 5.91 Å². The number of hydrogen-bond donors (Lipinski definition) is 1. The number of aromatic amines is 1. The highest BCUT2D eigenvalue weighted by Crippen LogP contribution is 2.22. The van der Waals surface area contributed by atoms with E-state index in [1.54, 1.807) is 18.3 Å². The van der Waals surface area contributed by atoms with E-state index in [1.807, 2.05) is 11.1 Å². The van der Waals surface area contributed by atoms with E-state index in [-0.39, 0.29) is 17.9 Å². The SMILES string of the molecule is O=C(Cc1cccc(C(F)F)c1)N1CCC(Cc2ncc[nH]2)CC1. The quantitative estimate of drug-likeness (QED) is 0.912. The summed E-state index contributed by atoms with van der Waals surface area (Å²) in [4.78, 5) is 21.6. The molecule has 4 nitrogen and oxygen atoms in total. The van der Waals surface area contributed by atoms with E-state index in [0.29, 0.717) is 11.5 Å². The van der Waals surface area contributed by atoms with Gasteiger partial charge in [-0.25, -0.2) is 13.8 Å². The van der Waals surface area contributed by atoms with E-state index in [2.05, 4.69) is 9.97 Å². The second-order valence-electron chi connectivity index (χ2n) is 6.29. The van der Waals surface area contributed by atoms with Crippen LogP contribution in [0.15, 0.2) is 36.7 Å². The summed E-state index contributed by atoms with van der Waals surface area (Å²) in [5.74, 6) is 1.53. The van der Waals surface area contributed by atoms with Crippen LogP contribution in [0.1, 0.15) is 36.2 Å². The Hall–Kier alpha value is -2.24. The number of benzene rings is 1. The first-order valence-corrected chi connectivity index (χ1v) is 8.25. The third kappa shape index (κ3) is 4.19. The van der Waals surface area contributed by atoms with Crippen molar-refractivity contribution in [2.24, 2.45) is 5.92 Å². The number of carbonyl (C=O) groups excluding carboxylic acids is 1. The second-order valence-corrected chi connectivity index (χ2v) is 6.29. The van der Waals surface area contributed by atoms with Gasteiger partial charge in [-0.05, 0) is 30.4 Å². The van der Waals surface area contributed by atoms with Crippen molar-refractivity contribution in [3.8, 4) is 0 Å². The number of H-pyrrole nitrogens is 1. The third-order valence-electron chi connectivity index (χ3n) is 4.56. The topological polar surface area (TPSA) is 49.0 Å². The molecule has 1 fully saturated rings. The minimum absolute atomic E-state index is 0.0119. The Bertz CT molecular complexity index is 665. The molecule has 24 heavy (non-hydrogen) atoms. The van der Waals surface area contributed by atoms with Gasteiger partial charge in [0.15, 0.2) is 0 Å². The van der Waals surface area contributed by atoms with E-state index in [1.165, 1.54) is 12.1 Å². The molecule has 0 atom stereocenters. The molecular formula is C18H21F2N3O. The zero-order chi connectivity index (χ0) is 16.9. The van der Waals surface area contributed by atoms with Crippen molar-refractivity contribution in [2.75, 3.05) is 13.1 Å². The van der Waals surface area contributed by atoms with Crippen LogP contribution in [-0.4, -0.2) is 33.9 Å². The average molecular weight is 333 g/mol. The van der Waals surface area contributed by atoms with Crippen molar-refractivity contribution in [1.82, 2.24) is 14.9 Å². The zero-order valence-corrected chi connectivity index (χ0v) is 13.4. The molecule has 0 saturated carbocycles. The van der Waals surface area contributed by atoms with Crippen LogP contribution in [0.5, 0.6) is 0 Å². The highest BCUT2D eigenvalue weighted by Gasteiger charge is 2.23. The molecule has 0 bridgehead atoms. The average Bonchev–Trinajstić information content (AvgIpc) is 3.08. The summed E-state index contributed by atoms with van der Waals surface area (Å²) in [5.41, 5.74) is 0.618. The van der Waals surface area contributed by atoms with Crippen molar-refractivity contribution in [3.05, 3.63) is 53.6 Å². The van der Waals surface area contributed by atoms with Gasteiger partial charge in [-0.15, -0.1) is 0 Å². The van der Waals surface area contributed by atoms with Crippen LogP contribution in [0.4, 0.5) is 8.78 Å². The van der Waals surface area contributed by atoms with Crippen molar-refractivity contribution < 1.29 is 13.6 Å². The largest absolute Gasteiger partial charge is 0.349 e. The molecule has 1 saturated heterocycles. The Labute approximate surface area is 139 Å². The van der Waals surface area contributed by atoms with Gasteiger partial charge in [-0.1, -0.05) is 18.2 Å². The molecule has 0 spiro atoms. The molecule has 2 aromatic rings. The number of likely N-dealkylation sites (tertiary alicyclic amines) is 1. The summed E-state index contributed by atoms with van der Waals surface area (Å²) in [5, 5.41) is 0. The number of imidazole rings is 1. The molecule has 1 aromatic heterocycles. The molecule has 0 aliphatic carbocycles. The predicted octanol–water partition coefficient (Wildman–Crippen LogP) is 3.37. The van der Waals surface area contributed by atoms with E-state index < -0.39 is 6.43 Å². The molecule has 1 amide bonds. The number of rotatable bonds is 5. The Morgan fingerprint density at radius 1 is 1.33 bits per heavy atom. The van der Waals surface area contributed by atoms with Crippen molar-refractivity contribution in [2.45, 2.75) is 32.1 Å². The summed E-state index contributed by atoms with van der Waals surface area (Å²) in [6.07, 6.45) is 4.06. The van der Waals surface area contributed by atoms with Crippen LogP contribution in [0.25, 0.3) is 0 Å². The van der Waals surface area contributed by atoms with Gasteiger partial charge in [0, 0.05) is 37.5 Å². The summed E-state index contributed by atoms with van der Waals surface area (Å²) in [6, 6.07) is 6.12. The first kappa shape index (κ1) is 16.6. The fourth-order valence-electron chi connectivity index (χ4n) is 3.19. The van der Waals surface area contributed by atoms with Gasteiger partial charge in [0.2, 0.25) is 5.91 Å². The van der Waals surface area contributed by atoms with Crippen LogP contribution in [0.3, 0.4) is 0 Å². The summed E-state index contributed by atoms with van der Waals surface area (Å²) in [6.45, 7) is 1.44. The highest BCUT2D eigenvalue weighted by atomic mass is 19.3. The van der Waals surface area contributed by atoms with Gasteiger partial charge in [0.05, 0.1) is 6.42 Å². The van der Waals surface area contributed by atoms with Gasteiger partial charge in [-0.2, -0.15) is 0 Å². The van der Waals surface area contributed by atoms with Crippen molar-refractivity contribution in [3.63, 3.8) is 0 Å². The fraction of sp³-hybridized carbons (Fsp3) is 0.444. The molecule has 1 N–H and O–H groups in total. The third-order valence-corrected chi connectivity index (χ3v) is 4.56. The number of nitrogens with one attached hydrogen (secondary N) is 1. The number of halogens is 2. The van der Waals surface area contributed by atoms with Crippen LogP contribution in [0.2, 0.25) is 0 Å². The maximum Gasteiger partial charge on any atom is 0.263 e. The first-order chi connectivity index (χ1) is 11.6. The van der Waals surface area contributed by atoms with Gasteiger partial charge >= 0.3 is 0 Å². The van der Waals surface area contributed by atoms with Crippen LogP contribution >= 0.6 is 0 Å². The van der Waals surface area contributed by atoms with E-state index in [4.69, 9.17) is 0 Å². The van der Waals surface area contributed by atoms with Gasteiger partial charge < -0.3 is 9.88 Å². The Kier molecular flexibility index (Phi) is 5.23. The van der Waals surface area contributed by atoms with Gasteiger partial charge in [-0.3, -0.25) is 4.79 Å². The maximum absolute atomic E-state index is 12.7. The summed E-state index contributed by atoms with van der Waals surface area (Å²) < 4.78 is 25.5. The lowest BCUT2D eigenvalue weighted by molar-refractivity contribution is -0.131. The molecule has 0 radical (unpaired) electrons. The molecule has 2 heterocycles. The van der Waals surface area contributed by atoms with E-state index in [9.17, 15) is 13.6 Å². The predicted molar refractivity (Wildman–Crippen MR) is 86.7 cm³/mol. The van der Waals surface area contributed by atoms with Crippen LogP contribution < -0.4 is 0 Å². The Morgan fingerprint density at radius 3 is 2.79 bits per heavy atom. The number of piperidine rings is 1. The standard InChI is InChI=1S/C18H21F2N3O/c19-18(20)15-3-1-2-14(10-15)12-17(24)23-8-4-13(5-9-23)11-16-21-6-7-22-16/h1-3,6-7,10,13,18H,4-5,8-9,11-12H2,(H,21,22). The molecule has 1 aliphatic heterocycles. The van der Waals surface area contributed by atoms with Crippen LogP contribution in [0, 0.1) is 5.92 Å². The molecule has 3 rings (SSSR count). The lowest BCUT2D eigenvalue weighted by atomic mass is 9.93. The molecular weight excluding hydrogens is 312 g/mol. The number of nitrogens with zero attached hydrogens (tertiary/aromatic N) is 2. The van der Waals surface area contributed by atoms with Gasteiger partial charge in [0.1, 0.15) is 5.82 Å². The molecule has 128 valence electrons. The number of carbonyl (C=O) groups is 1. The Balaban J connectivity index is 1.51. The zero-order valence-electron chi connectivity index (χ0n) is 13.4. The Morgan fingerprint density at radius 2 is 2.12 bits per heavy atom. The monoisotopic (exact) mass is 333 g/mol. The maximum atomic E-state index is 12.7. The van der Waals surface area contributed by atoms with Crippen molar-refractivity contribution in [1.29, 1.82) is 0 Å². The second kappa shape index (κ2) is 7.55. The molecule has 0 unspecified atom stereocenters. The minimum atomic E-state index is -2.50. The first-order valence-electron chi connectivity index (χ1n) is 8.25. The van der Waals surface area contributed by atoms with E-state index >= 15 is 0 Å². The molecule has 1 aromatic carbocycles. The minimum Gasteiger partial charge on any atom is -0.349 e. The summed E-state index contributed by atoms with van der Waals surface area (Å²) in [7, 11) is 0. The lowest BCUT2D eigenvalue weighted by Crippen LogP contribution is -2.39. The number of aromatic nitrogens is 2. The number of hydrogen-bond acceptors (Lipinski definition) is 2. The molecule has 1 aliphatic rings. The van der Waals surface area contributed by atoms with E-state index in [0.717, 1.165) is 38.2 Å². The van der Waals surface area contributed by atoms with Gasteiger partial charge in [0.25, 0.3) is 6.43 Å². The number of amides is 1. The van der Waals surface area contributed by atoms with Crippen LogP contribution in [-0.2, 0) is 17.6 Å². The normalized spacial score (nSPS) is 15.9.